The van der Waals surface area contributed by atoms with E-state index in [1.807, 2.05) is 66.7 Å². The fourth-order valence-corrected chi connectivity index (χ4v) is 5.69. The van der Waals surface area contributed by atoms with E-state index in [9.17, 15) is 13.0 Å². The Bertz CT molecular complexity index is 918. The Labute approximate surface area is 148 Å². The second kappa shape index (κ2) is 7.36. The van der Waals surface area contributed by atoms with Gasteiger partial charge in [-0.25, -0.2) is 0 Å². The second-order valence-electron chi connectivity index (χ2n) is 5.32. The van der Waals surface area contributed by atoms with Crippen molar-refractivity contribution in [3.63, 3.8) is 0 Å². The van der Waals surface area contributed by atoms with Gasteiger partial charge in [-0.3, -0.25) is 4.55 Å². The van der Waals surface area contributed by atoms with Crippen LogP contribution in [0.1, 0.15) is 0 Å². The fourth-order valence-electron chi connectivity index (χ4n) is 2.61. The van der Waals surface area contributed by atoms with Gasteiger partial charge in [0.25, 0.3) is 10.1 Å². The van der Waals surface area contributed by atoms with Crippen LogP contribution in [-0.4, -0.2) is 20.1 Å². The monoisotopic (exact) mass is 372 g/mol. The third-order valence-electron chi connectivity index (χ3n) is 3.71. The number of hydrogen-bond acceptors (Lipinski definition) is 3. The summed E-state index contributed by atoms with van der Waals surface area (Å²) in [5.41, 5.74) is 0. The van der Waals surface area contributed by atoms with Crippen LogP contribution in [0.2, 0.25) is 0 Å². The Kier molecular flexibility index (Phi) is 5.19. The molecule has 3 aromatic rings. The molecule has 0 saturated carbocycles. The topological polar surface area (TPSA) is 63.6 Å². The van der Waals surface area contributed by atoms with Crippen molar-refractivity contribution in [2.24, 2.45) is 0 Å². The van der Waals surface area contributed by atoms with E-state index in [-0.39, 0.29) is 10.6 Å². The van der Waals surface area contributed by atoms with Crippen LogP contribution in [0.4, 0.5) is 0 Å². The summed E-state index contributed by atoms with van der Waals surface area (Å²) in [5, 5.41) is 3.01. The Hall–Kier alpha value is -2.20. The molecule has 0 saturated heterocycles. The maximum Gasteiger partial charge on any atom is 0.298 e. The van der Waals surface area contributed by atoms with Crippen molar-refractivity contribution in [1.82, 2.24) is 0 Å². The molecule has 0 amide bonds. The van der Waals surface area contributed by atoms with Crippen molar-refractivity contribution in [1.29, 1.82) is 0 Å². The van der Waals surface area contributed by atoms with Crippen LogP contribution < -0.4 is 20.7 Å². The van der Waals surface area contributed by atoms with Crippen LogP contribution in [0.25, 0.3) is 0 Å². The molecule has 0 heterocycles. The SMILES string of the molecule is COc1ccc(P(c2ccccc2)c2ccccc2)cc1S(=O)(=O)O. The molecule has 0 spiro atoms. The summed E-state index contributed by atoms with van der Waals surface area (Å²) >= 11 is 0. The third kappa shape index (κ3) is 3.90. The van der Waals surface area contributed by atoms with Crippen molar-refractivity contribution < 1.29 is 17.7 Å². The lowest BCUT2D eigenvalue weighted by Crippen LogP contribution is -2.21. The largest absolute Gasteiger partial charge is 0.495 e. The summed E-state index contributed by atoms with van der Waals surface area (Å²) in [6.45, 7) is 0. The van der Waals surface area contributed by atoms with Gasteiger partial charge in [0.05, 0.1) is 7.11 Å². The Morgan fingerprint density at radius 3 is 1.76 bits per heavy atom. The van der Waals surface area contributed by atoms with Crippen LogP contribution in [-0.2, 0) is 10.1 Å². The zero-order valence-electron chi connectivity index (χ0n) is 13.5. The van der Waals surface area contributed by atoms with Crippen molar-refractivity contribution in [3.05, 3.63) is 78.9 Å². The fraction of sp³-hybridized carbons (Fsp3) is 0.0526. The quantitative estimate of drug-likeness (QED) is 0.553. The first-order valence-electron chi connectivity index (χ1n) is 7.56. The van der Waals surface area contributed by atoms with Gasteiger partial charge in [0.2, 0.25) is 0 Å². The summed E-state index contributed by atoms with van der Waals surface area (Å²) in [6, 6.07) is 24.7. The van der Waals surface area contributed by atoms with Crippen LogP contribution in [0.5, 0.6) is 5.75 Å². The van der Waals surface area contributed by atoms with Crippen LogP contribution >= 0.6 is 7.92 Å². The summed E-state index contributed by atoms with van der Waals surface area (Å²) in [4.78, 5) is -0.216. The number of ether oxygens (including phenoxy) is 1. The highest BCUT2D eigenvalue weighted by Gasteiger charge is 2.22. The van der Waals surface area contributed by atoms with E-state index in [1.165, 1.54) is 13.2 Å². The molecular formula is C19H17O4PS. The lowest BCUT2D eigenvalue weighted by atomic mass is 10.3. The molecule has 0 aliphatic carbocycles. The maximum atomic E-state index is 11.7. The second-order valence-corrected chi connectivity index (χ2v) is 8.93. The van der Waals surface area contributed by atoms with Crippen molar-refractivity contribution in [2.75, 3.05) is 7.11 Å². The zero-order chi connectivity index (χ0) is 17.9. The molecule has 1 N–H and O–H groups in total. The third-order valence-corrected chi connectivity index (χ3v) is 7.01. The Morgan fingerprint density at radius 1 is 0.800 bits per heavy atom. The Morgan fingerprint density at radius 2 is 1.32 bits per heavy atom. The van der Waals surface area contributed by atoms with Crippen molar-refractivity contribution in [2.45, 2.75) is 4.90 Å². The average Bonchev–Trinajstić information content (AvgIpc) is 2.63. The molecule has 0 aliphatic heterocycles. The number of hydrogen-bond donors (Lipinski definition) is 1. The molecule has 0 atom stereocenters. The molecule has 0 bridgehead atoms. The Balaban J connectivity index is 2.21. The van der Waals surface area contributed by atoms with Crippen molar-refractivity contribution in [3.8, 4) is 5.75 Å². The first-order chi connectivity index (χ1) is 12.0. The molecule has 4 nitrogen and oxygen atoms in total. The molecule has 0 fully saturated rings. The first kappa shape index (κ1) is 17.6. The van der Waals surface area contributed by atoms with Gasteiger partial charge in [-0.1, -0.05) is 66.7 Å². The highest BCUT2D eigenvalue weighted by Crippen LogP contribution is 2.35. The molecule has 25 heavy (non-hydrogen) atoms. The van der Waals surface area contributed by atoms with Crippen molar-refractivity contribution >= 4 is 34.0 Å². The minimum atomic E-state index is -4.38. The average molecular weight is 372 g/mol. The van der Waals surface area contributed by atoms with Gasteiger partial charge < -0.3 is 4.74 Å². The summed E-state index contributed by atoms with van der Waals surface area (Å²) in [7, 11) is -3.96. The summed E-state index contributed by atoms with van der Waals surface area (Å²) < 4.78 is 38.1. The molecule has 0 aliphatic rings. The zero-order valence-corrected chi connectivity index (χ0v) is 15.2. The van der Waals surface area contributed by atoms with E-state index in [4.69, 9.17) is 4.74 Å². The van der Waals surface area contributed by atoms with E-state index in [1.54, 1.807) is 6.07 Å². The molecule has 6 heteroatoms. The standard InChI is InChI=1S/C19H17O4PS/c1-23-18-13-12-17(14-19(18)25(20,21)22)24(15-8-4-2-5-9-15)16-10-6-3-7-11-16/h2-14H,1H3,(H,20,21,22). The first-order valence-corrected chi connectivity index (χ1v) is 10.3. The molecule has 128 valence electrons. The number of benzene rings is 3. The van der Waals surface area contributed by atoms with E-state index in [0.29, 0.717) is 0 Å². The van der Waals surface area contributed by atoms with Gasteiger partial charge in [-0.2, -0.15) is 8.42 Å². The number of methoxy groups -OCH3 is 1. The molecule has 3 rings (SSSR count). The molecule has 0 unspecified atom stereocenters. The minimum Gasteiger partial charge on any atom is -0.495 e. The van der Waals surface area contributed by atoms with Gasteiger partial charge in [0, 0.05) is 0 Å². The maximum absolute atomic E-state index is 11.7. The van der Waals surface area contributed by atoms with E-state index in [0.717, 1.165) is 15.9 Å². The van der Waals surface area contributed by atoms with Gasteiger partial charge in [-0.15, -0.1) is 0 Å². The van der Waals surface area contributed by atoms with Gasteiger partial charge in [0.15, 0.2) is 0 Å². The van der Waals surface area contributed by atoms with E-state index in [2.05, 4.69) is 0 Å². The molecule has 3 aromatic carbocycles. The lowest BCUT2D eigenvalue weighted by molar-refractivity contribution is 0.398. The molecule has 0 aromatic heterocycles. The van der Waals surface area contributed by atoms with Crippen LogP contribution in [0.15, 0.2) is 83.8 Å². The predicted octanol–water partition coefficient (Wildman–Crippen LogP) is 2.70. The van der Waals surface area contributed by atoms with Gasteiger partial charge >= 0.3 is 0 Å². The molecule has 0 radical (unpaired) electrons. The smallest absolute Gasteiger partial charge is 0.298 e. The highest BCUT2D eigenvalue weighted by molar-refractivity contribution is 7.86. The van der Waals surface area contributed by atoms with Crippen LogP contribution in [0.3, 0.4) is 0 Å². The summed E-state index contributed by atoms with van der Waals surface area (Å²) in [5.74, 6) is 0.127. The predicted molar refractivity (Wildman–Crippen MR) is 102 cm³/mol. The van der Waals surface area contributed by atoms with E-state index < -0.39 is 18.0 Å². The van der Waals surface area contributed by atoms with Gasteiger partial charge in [-0.05, 0) is 36.0 Å². The highest BCUT2D eigenvalue weighted by atomic mass is 32.2. The van der Waals surface area contributed by atoms with Crippen LogP contribution in [0, 0.1) is 0 Å². The lowest BCUT2D eigenvalue weighted by Gasteiger charge is -2.20. The van der Waals surface area contributed by atoms with Gasteiger partial charge in [0.1, 0.15) is 10.6 Å². The minimum absolute atomic E-state index is 0.127. The molecular weight excluding hydrogens is 355 g/mol. The summed E-state index contributed by atoms with van der Waals surface area (Å²) in [6.07, 6.45) is 0. The normalized spacial score (nSPS) is 11.5. The number of rotatable bonds is 5. The van der Waals surface area contributed by atoms with E-state index >= 15 is 0 Å².